The molecule has 0 fully saturated rings. The highest BCUT2D eigenvalue weighted by Gasteiger charge is 2.03. The Bertz CT molecular complexity index is 312. The van der Waals surface area contributed by atoms with Crippen LogP contribution in [0.2, 0.25) is 0 Å². The Labute approximate surface area is 111 Å². The van der Waals surface area contributed by atoms with Crippen molar-refractivity contribution in [2.24, 2.45) is 5.73 Å². The molecule has 0 radical (unpaired) electrons. The maximum atomic E-state index is 5.76. The number of aryl methyl sites for hydroxylation is 1. The third-order valence-corrected chi connectivity index (χ3v) is 2.30. The second kappa shape index (κ2) is 7.77. The summed E-state index contributed by atoms with van der Waals surface area (Å²) in [6.07, 6.45) is 0.953. The number of nitrogens with zero attached hydrogens (tertiary/aromatic N) is 1. The molecule has 1 atom stereocenters. The summed E-state index contributed by atoms with van der Waals surface area (Å²) < 4.78 is 0. The van der Waals surface area contributed by atoms with Gasteiger partial charge in [0, 0.05) is 25.8 Å². The lowest BCUT2D eigenvalue weighted by atomic mass is 10.0. The van der Waals surface area contributed by atoms with E-state index in [0.717, 1.165) is 6.42 Å². The first-order valence-electron chi connectivity index (χ1n) is 5.03. The SMILES string of the molecule is Cc1cc(CC(C)N)ccc1N(C)C.Cl.Cl. The molecule has 2 N–H and O–H groups in total. The molecule has 1 aromatic carbocycles. The van der Waals surface area contributed by atoms with E-state index < -0.39 is 0 Å². The zero-order valence-corrected chi connectivity index (χ0v) is 12.0. The monoisotopic (exact) mass is 264 g/mol. The van der Waals surface area contributed by atoms with Crippen LogP contribution in [0.3, 0.4) is 0 Å². The molecule has 94 valence electrons. The highest BCUT2D eigenvalue weighted by Crippen LogP contribution is 2.19. The molecule has 0 heterocycles. The molecule has 0 saturated carbocycles. The van der Waals surface area contributed by atoms with Gasteiger partial charge in [0.25, 0.3) is 0 Å². The van der Waals surface area contributed by atoms with Gasteiger partial charge in [0.2, 0.25) is 0 Å². The minimum Gasteiger partial charge on any atom is -0.377 e. The van der Waals surface area contributed by atoms with E-state index in [2.05, 4.69) is 44.1 Å². The van der Waals surface area contributed by atoms with E-state index in [1.54, 1.807) is 0 Å². The summed E-state index contributed by atoms with van der Waals surface area (Å²) >= 11 is 0. The van der Waals surface area contributed by atoms with E-state index in [1.165, 1.54) is 16.8 Å². The van der Waals surface area contributed by atoms with E-state index in [9.17, 15) is 0 Å². The van der Waals surface area contributed by atoms with Crippen molar-refractivity contribution in [2.45, 2.75) is 26.3 Å². The van der Waals surface area contributed by atoms with Crippen molar-refractivity contribution >= 4 is 30.5 Å². The van der Waals surface area contributed by atoms with Crippen molar-refractivity contribution in [3.05, 3.63) is 29.3 Å². The Balaban J connectivity index is 0. The van der Waals surface area contributed by atoms with E-state index >= 15 is 0 Å². The topological polar surface area (TPSA) is 29.3 Å². The number of anilines is 1. The maximum Gasteiger partial charge on any atom is 0.0390 e. The average molecular weight is 265 g/mol. The zero-order chi connectivity index (χ0) is 10.7. The Morgan fingerprint density at radius 1 is 1.25 bits per heavy atom. The third-order valence-electron chi connectivity index (χ3n) is 2.30. The largest absolute Gasteiger partial charge is 0.377 e. The standard InChI is InChI=1S/C12H20N2.2ClH/c1-9-7-11(8-10(2)13)5-6-12(9)14(3)4;;/h5-7,10H,8,13H2,1-4H3;2*1H. The van der Waals surface area contributed by atoms with Crippen LogP contribution in [0.25, 0.3) is 0 Å². The second-order valence-electron chi connectivity index (χ2n) is 4.20. The second-order valence-corrected chi connectivity index (χ2v) is 4.20. The fourth-order valence-corrected chi connectivity index (χ4v) is 1.72. The summed E-state index contributed by atoms with van der Waals surface area (Å²) in [7, 11) is 4.13. The lowest BCUT2D eigenvalue weighted by Gasteiger charge is -2.16. The van der Waals surface area contributed by atoms with Crippen molar-refractivity contribution in [1.29, 1.82) is 0 Å². The number of hydrogen-bond donors (Lipinski definition) is 1. The Morgan fingerprint density at radius 3 is 2.19 bits per heavy atom. The van der Waals surface area contributed by atoms with Crippen molar-refractivity contribution in [2.75, 3.05) is 19.0 Å². The van der Waals surface area contributed by atoms with Gasteiger partial charge in [-0.3, -0.25) is 0 Å². The van der Waals surface area contributed by atoms with E-state index in [-0.39, 0.29) is 30.9 Å². The predicted octanol–water partition coefficient (Wildman–Crippen LogP) is 2.79. The van der Waals surface area contributed by atoms with E-state index in [1.807, 2.05) is 6.92 Å². The molecule has 1 rings (SSSR count). The van der Waals surface area contributed by atoms with Crippen LogP contribution in [0.4, 0.5) is 5.69 Å². The summed E-state index contributed by atoms with van der Waals surface area (Å²) in [5.41, 5.74) is 9.67. The van der Waals surface area contributed by atoms with Crippen LogP contribution >= 0.6 is 24.8 Å². The predicted molar refractivity (Wildman–Crippen MR) is 77.4 cm³/mol. The highest BCUT2D eigenvalue weighted by molar-refractivity contribution is 5.85. The van der Waals surface area contributed by atoms with Crippen LogP contribution in [0.15, 0.2) is 18.2 Å². The molecule has 1 aromatic rings. The smallest absolute Gasteiger partial charge is 0.0390 e. The van der Waals surface area contributed by atoms with Crippen LogP contribution in [0.1, 0.15) is 18.1 Å². The summed E-state index contributed by atoms with van der Waals surface area (Å²) in [6, 6.07) is 6.77. The Kier molecular flexibility index (Phi) is 8.71. The molecule has 4 heteroatoms. The van der Waals surface area contributed by atoms with Gasteiger partial charge in [-0.2, -0.15) is 0 Å². The van der Waals surface area contributed by atoms with Gasteiger partial charge in [0.05, 0.1) is 0 Å². The molecule has 0 bridgehead atoms. The van der Waals surface area contributed by atoms with Crippen molar-refractivity contribution in [1.82, 2.24) is 0 Å². The van der Waals surface area contributed by atoms with Gasteiger partial charge in [-0.05, 0) is 37.5 Å². The highest BCUT2D eigenvalue weighted by atomic mass is 35.5. The van der Waals surface area contributed by atoms with Crippen LogP contribution in [-0.4, -0.2) is 20.1 Å². The third kappa shape index (κ3) is 5.06. The molecule has 0 aliphatic heterocycles. The fourth-order valence-electron chi connectivity index (χ4n) is 1.72. The summed E-state index contributed by atoms with van der Waals surface area (Å²) in [5, 5.41) is 0. The molecule has 2 nitrogen and oxygen atoms in total. The lowest BCUT2D eigenvalue weighted by Crippen LogP contribution is -2.18. The normalized spacial score (nSPS) is 11.1. The first-order valence-corrected chi connectivity index (χ1v) is 5.03. The summed E-state index contributed by atoms with van der Waals surface area (Å²) in [5.74, 6) is 0. The van der Waals surface area contributed by atoms with Gasteiger partial charge in [-0.15, -0.1) is 24.8 Å². The zero-order valence-electron chi connectivity index (χ0n) is 10.4. The molecule has 0 aromatic heterocycles. The molecular weight excluding hydrogens is 243 g/mol. The Morgan fingerprint density at radius 2 is 1.81 bits per heavy atom. The number of benzene rings is 1. The molecule has 0 spiro atoms. The number of rotatable bonds is 3. The number of nitrogens with two attached hydrogens (primary N) is 1. The van der Waals surface area contributed by atoms with E-state index in [4.69, 9.17) is 5.73 Å². The van der Waals surface area contributed by atoms with Gasteiger partial charge in [0.15, 0.2) is 0 Å². The van der Waals surface area contributed by atoms with E-state index in [0.29, 0.717) is 0 Å². The van der Waals surface area contributed by atoms with Crippen LogP contribution in [0, 0.1) is 6.92 Å². The quantitative estimate of drug-likeness (QED) is 0.910. The first kappa shape index (κ1) is 17.9. The van der Waals surface area contributed by atoms with Gasteiger partial charge >= 0.3 is 0 Å². The van der Waals surface area contributed by atoms with Gasteiger partial charge in [-0.1, -0.05) is 12.1 Å². The summed E-state index contributed by atoms with van der Waals surface area (Å²) in [6.45, 7) is 4.18. The summed E-state index contributed by atoms with van der Waals surface area (Å²) in [4.78, 5) is 2.13. The van der Waals surface area contributed by atoms with Crippen LogP contribution in [0.5, 0.6) is 0 Å². The fraction of sp³-hybridized carbons (Fsp3) is 0.500. The molecular formula is C12H22Cl2N2. The number of halogens is 2. The average Bonchev–Trinajstić information content (AvgIpc) is 2.01. The first-order chi connectivity index (χ1) is 6.50. The minimum atomic E-state index is 0. The van der Waals surface area contributed by atoms with Crippen molar-refractivity contribution in [3.63, 3.8) is 0 Å². The molecule has 1 unspecified atom stereocenters. The van der Waals surface area contributed by atoms with Crippen LogP contribution in [-0.2, 0) is 6.42 Å². The van der Waals surface area contributed by atoms with Crippen molar-refractivity contribution < 1.29 is 0 Å². The molecule has 0 aliphatic rings. The van der Waals surface area contributed by atoms with Gasteiger partial charge < -0.3 is 10.6 Å². The molecule has 0 amide bonds. The van der Waals surface area contributed by atoms with Gasteiger partial charge in [0.1, 0.15) is 0 Å². The molecule has 0 saturated heterocycles. The molecule has 0 aliphatic carbocycles. The van der Waals surface area contributed by atoms with Gasteiger partial charge in [-0.25, -0.2) is 0 Å². The molecule has 16 heavy (non-hydrogen) atoms. The van der Waals surface area contributed by atoms with Crippen LogP contribution < -0.4 is 10.6 Å². The minimum absolute atomic E-state index is 0. The lowest BCUT2D eigenvalue weighted by molar-refractivity contribution is 0.737. The van der Waals surface area contributed by atoms with Crippen molar-refractivity contribution in [3.8, 4) is 0 Å². The Hall–Kier alpha value is -0.440. The maximum absolute atomic E-state index is 5.76. The number of hydrogen-bond acceptors (Lipinski definition) is 2.